The van der Waals surface area contributed by atoms with Crippen molar-refractivity contribution in [2.24, 2.45) is 10.9 Å². The lowest BCUT2D eigenvalue weighted by atomic mass is 10.1. The Labute approximate surface area is 151 Å². The molecule has 0 radical (unpaired) electrons. The molecule has 0 spiro atoms. The van der Waals surface area contributed by atoms with Crippen LogP contribution in [0.3, 0.4) is 0 Å². The van der Waals surface area contributed by atoms with Crippen LogP contribution in [0.25, 0.3) is 0 Å². The minimum absolute atomic E-state index is 0. The van der Waals surface area contributed by atoms with Crippen molar-refractivity contribution >= 4 is 29.9 Å². The Morgan fingerprint density at radius 2 is 2.05 bits per heavy atom. The fourth-order valence-corrected chi connectivity index (χ4v) is 3.07. The van der Waals surface area contributed by atoms with Gasteiger partial charge < -0.3 is 10.2 Å². The summed E-state index contributed by atoms with van der Waals surface area (Å²) in [6.45, 7) is 3.98. The maximum absolute atomic E-state index is 4.52. The number of guanidine groups is 1. The van der Waals surface area contributed by atoms with E-state index in [1.807, 2.05) is 0 Å². The number of nitrogens with zero attached hydrogens (tertiary/aromatic N) is 3. The smallest absolute Gasteiger partial charge is 0.193 e. The molecule has 1 aromatic rings. The molecule has 1 heterocycles. The van der Waals surface area contributed by atoms with Crippen molar-refractivity contribution in [3.63, 3.8) is 0 Å². The van der Waals surface area contributed by atoms with Crippen LogP contribution in [0.15, 0.2) is 35.3 Å². The lowest BCUT2D eigenvalue weighted by Gasteiger charge is -2.29. The summed E-state index contributed by atoms with van der Waals surface area (Å²) in [5.74, 6) is 1.91. The third kappa shape index (κ3) is 4.59. The summed E-state index contributed by atoms with van der Waals surface area (Å²) >= 11 is 0. The zero-order chi connectivity index (χ0) is 14.7. The number of hydrogen-bond acceptors (Lipinski definition) is 4. The molecule has 1 fully saturated rings. The zero-order valence-corrected chi connectivity index (χ0v) is 15.9. The van der Waals surface area contributed by atoms with Crippen LogP contribution in [0.4, 0.5) is 0 Å². The van der Waals surface area contributed by atoms with Crippen LogP contribution in [0.1, 0.15) is 18.4 Å². The molecule has 4 nitrogen and oxygen atoms in total. The van der Waals surface area contributed by atoms with Gasteiger partial charge >= 0.3 is 0 Å². The second kappa shape index (κ2) is 8.15. The van der Waals surface area contributed by atoms with Gasteiger partial charge in [0.15, 0.2) is 5.96 Å². The minimum Gasteiger partial charge on any atom is -0.355 e. The van der Waals surface area contributed by atoms with Gasteiger partial charge in [0.1, 0.15) is 0 Å². The molecule has 122 valence electrons. The molecule has 2 aliphatic rings. The van der Waals surface area contributed by atoms with Crippen LogP contribution in [0, 0.1) is 5.92 Å². The van der Waals surface area contributed by atoms with Crippen LogP contribution in [-0.4, -0.2) is 55.5 Å². The van der Waals surface area contributed by atoms with Crippen molar-refractivity contribution in [3.8, 4) is 0 Å². The highest BCUT2D eigenvalue weighted by molar-refractivity contribution is 14.0. The third-order valence-electron chi connectivity index (χ3n) is 4.53. The van der Waals surface area contributed by atoms with Gasteiger partial charge in [-0.1, -0.05) is 30.3 Å². The predicted molar refractivity (Wildman–Crippen MR) is 103 cm³/mol. The molecule has 0 aromatic heterocycles. The van der Waals surface area contributed by atoms with Crippen molar-refractivity contribution in [2.45, 2.75) is 25.4 Å². The summed E-state index contributed by atoms with van der Waals surface area (Å²) in [6, 6.07) is 11.3. The van der Waals surface area contributed by atoms with Gasteiger partial charge in [0.2, 0.25) is 0 Å². The highest BCUT2D eigenvalue weighted by atomic mass is 127. The van der Waals surface area contributed by atoms with E-state index in [1.165, 1.54) is 18.4 Å². The molecule has 1 aliphatic carbocycles. The van der Waals surface area contributed by atoms with E-state index >= 15 is 0 Å². The minimum atomic E-state index is 0. The molecule has 22 heavy (non-hydrogen) atoms. The highest BCUT2D eigenvalue weighted by Gasteiger charge is 2.34. The van der Waals surface area contributed by atoms with E-state index < -0.39 is 0 Å². The van der Waals surface area contributed by atoms with Gasteiger partial charge in [-0.2, -0.15) is 0 Å². The Kier molecular flexibility index (Phi) is 6.50. The Bertz CT molecular complexity index is 487. The van der Waals surface area contributed by atoms with Gasteiger partial charge in [0.25, 0.3) is 0 Å². The first-order chi connectivity index (χ1) is 10.2. The summed E-state index contributed by atoms with van der Waals surface area (Å²) < 4.78 is 0. The second-order valence-electron chi connectivity index (χ2n) is 6.31. The van der Waals surface area contributed by atoms with Gasteiger partial charge in [-0.05, 0) is 31.4 Å². The first kappa shape index (κ1) is 17.5. The van der Waals surface area contributed by atoms with Crippen LogP contribution >= 0.6 is 24.0 Å². The summed E-state index contributed by atoms with van der Waals surface area (Å²) in [5.41, 5.74) is 1.39. The number of benzene rings is 1. The van der Waals surface area contributed by atoms with E-state index in [0.717, 1.165) is 38.1 Å². The van der Waals surface area contributed by atoms with Crippen molar-refractivity contribution in [1.29, 1.82) is 0 Å². The molecule has 1 unspecified atom stereocenters. The second-order valence-corrected chi connectivity index (χ2v) is 6.31. The first-order valence-corrected chi connectivity index (χ1v) is 7.97. The molecule has 1 aliphatic heterocycles. The molecular weight excluding hydrogens is 387 g/mol. The van der Waals surface area contributed by atoms with Crippen LogP contribution in [-0.2, 0) is 6.54 Å². The summed E-state index contributed by atoms with van der Waals surface area (Å²) in [6.07, 6.45) is 2.74. The van der Waals surface area contributed by atoms with Crippen molar-refractivity contribution in [3.05, 3.63) is 35.9 Å². The Morgan fingerprint density at radius 1 is 1.32 bits per heavy atom. The number of halogens is 1. The molecule has 0 bridgehead atoms. The maximum atomic E-state index is 4.52. The average molecular weight is 414 g/mol. The zero-order valence-electron chi connectivity index (χ0n) is 13.5. The lowest BCUT2D eigenvalue weighted by Crippen LogP contribution is -2.46. The van der Waals surface area contributed by atoms with Crippen molar-refractivity contribution < 1.29 is 0 Å². The molecule has 1 N–H and O–H groups in total. The Morgan fingerprint density at radius 3 is 2.64 bits per heavy atom. The normalized spacial score (nSPS) is 18.9. The number of nitrogens with one attached hydrogen (secondary N) is 1. The van der Waals surface area contributed by atoms with Crippen LogP contribution in [0.2, 0.25) is 0 Å². The average Bonchev–Trinajstić information content (AvgIpc) is 3.24. The number of hydrogen-bond donors (Lipinski definition) is 1. The Balaban J connectivity index is 0.00000176. The SMILES string of the molecule is CN1CCN=C1NCC(C1CC1)N(C)Cc1ccccc1.I. The van der Waals surface area contributed by atoms with Crippen LogP contribution < -0.4 is 5.32 Å². The molecule has 1 saturated carbocycles. The monoisotopic (exact) mass is 414 g/mol. The van der Waals surface area contributed by atoms with Gasteiger partial charge in [0.05, 0.1) is 6.54 Å². The number of aliphatic imine (C=N–C) groups is 1. The molecule has 3 rings (SSSR count). The van der Waals surface area contributed by atoms with Crippen LogP contribution in [0.5, 0.6) is 0 Å². The molecule has 5 heteroatoms. The van der Waals surface area contributed by atoms with E-state index in [9.17, 15) is 0 Å². The van der Waals surface area contributed by atoms with Gasteiger partial charge in [-0.15, -0.1) is 24.0 Å². The molecule has 1 aromatic carbocycles. The van der Waals surface area contributed by atoms with E-state index in [0.29, 0.717) is 6.04 Å². The summed E-state index contributed by atoms with van der Waals surface area (Å²) in [7, 11) is 4.36. The molecular formula is C17H27IN4. The maximum Gasteiger partial charge on any atom is 0.193 e. The van der Waals surface area contributed by atoms with E-state index in [4.69, 9.17) is 0 Å². The van der Waals surface area contributed by atoms with Gasteiger partial charge in [-0.25, -0.2) is 0 Å². The third-order valence-corrected chi connectivity index (χ3v) is 4.53. The summed E-state index contributed by atoms with van der Waals surface area (Å²) in [5, 5.41) is 3.55. The number of likely N-dealkylation sites (N-methyl/N-ethyl adjacent to an activating group) is 2. The van der Waals surface area contributed by atoms with Crippen molar-refractivity contribution in [1.82, 2.24) is 15.1 Å². The highest BCUT2D eigenvalue weighted by Crippen LogP contribution is 2.35. The fourth-order valence-electron chi connectivity index (χ4n) is 3.07. The summed E-state index contributed by atoms with van der Waals surface area (Å²) in [4.78, 5) is 9.23. The first-order valence-electron chi connectivity index (χ1n) is 7.97. The van der Waals surface area contributed by atoms with E-state index in [1.54, 1.807) is 0 Å². The fraction of sp³-hybridized carbons (Fsp3) is 0.588. The topological polar surface area (TPSA) is 30.9 Å². The van der Waals surface area contributed by atoms with Gasteiger partial charge in [-0.3, -0.25) is 9.89 Å². The predicted octanol–water partition coefficient (Wildman–Crippen LogP) is 2.41. The molecule has 0 amide bonds. The standard InChI is InChI=1S/C17H26N4.HI/c1-20-11-10-18-17(20)19-12-16(15-8-9-15)21(2)13-14-6-4-3-5-7-14;/h3-7,15-16H,8-13H2,1-2H3,(H,18,19);1H. The lowest BCUT2D eigenvalue weighted by molar-refractivity contribution is 0.209. The molecule has 1 atom stereocenters. The van der Waals surface area contributed by atoms with E-state index in [-0.39, 0.29) is 24.0 Å². The molecule has 0 saturated heterocycles. The quantitative estimate of drug-likeness (QED) is 0.726. The van der Waals surface area contributed by atoms with E-state index in [2.05, 4.69) is 64.5 Å². The van der Waals surface area contributed by atoms with Gasteiger partial charge in [0, 0.05) is 32.7 Å². The Hall–Kier alpha value is -0.820. The largest absolute Gasteiger partial charge is 0.355 e. The number of rotatable bonds is 6. The van der Waals surface area contributed by atoms with Crippen molar-refractivity contribution in [2.75, 3.05) is 33.7 Å².